The molecule has 3 nitrogen and oxygen atoms in total. The monoisotopic (exact) mass is 222 g/mol. The minimum absolute atomic E-state index is 0.189. The van der Waals surface area contributed by atoms with Gasteiger partial charge in [0.05, 0.1) is 11.8 Å². The van der Waals surface area contributed by atoms with Crippen molar-refractivity contribution in [3.63, 3.8) is 0 Å². The molecule has 1 aromatic rings. The zero-order chi connectivity index (χ0) is 11.5. The summed E-state index contributed by atoms with van der Waals surface area (Å²) in [4.78, 5) is 0. The van der Waals surface area contributed by atoms with E-state index in [2.05, 4.69) is 18.1 Å². The normalized spacial score (nSPS) is 18.4. The molecule has 0 aliphatic heterocycles. The van der Waals surface area contributed by atoms with E-state index in [0.29, 0.717) is 0 Å². The van der Waals surface area contributed by atoms with Crippen LogP contribution in [0.25, 0.3) is 0 Å². The molecule has 1 N–H and O–H groups in total. The molecule has 3 heteroatoms. The molecule has 2 rings (SSSR count). The first-order chi connectivity index (χ1) is 7.69. The van der Waals surface area contributed by atoms with Gasteiger partial charge in [-0.2, -0.15) is 5.10 Å². The van der Waals surface area contributed by atoms with Crippen LogP contribution in [0.4, 0.5) is 0 Å². The van der Waals surface area contributed by atoms with Gasteiger partial charge in [-0.15, -0.1) is 0 Å². The van der Waals surface area contributed by atoms with Crippen molar-refractivity contribution in [1.82, 2.24) is 9.78 Å². The molecule has 1 aliphatic carbocycles. The van der Waals surface area contributed by atoms with Crippen LogP contribution < -0.4 is 0 Å². The summed E-state index contributed by atoms with van der Waals surface area (Å²) < 4.78 is 1.91. The summed E-state index contributed by atoms with van der Waals surface area (Å²) in [7, 11) is 1.96. The fourth-order valence-electron chi connectivity index (χ4n) is 2.37. The lowest BCUT2D eigenvalue weighted by Crippen LogP contribution is -2.21. The molecule has 1 heterocycles. The Balaban J connectivity index is 1.88. The van der Waals surface area contributed by atoms with Gasteiger partial charge in [0.2, 0.25) is 0 Å². The van der Waals surface area contributed by atoms with Crippen LogP contribution in [0.3, 0.4) is 0 Å². The van der Waals surface area contributed by atoms with Crippen LogP contribution in [0, 0.1) is 5.92 Å². The van der Waals surface area contributed by atoms with E-state index in [-0.39, 0.29) is 6.10 Å². The molecule has 0 saturated heterocycles. The van der Waals surface area contributed by atoms with Crippen LogP contribution in [0.1, 0.15) is 44.0 Å². The van der Waals surface area contributed by atoms with Crippen LogP contribution in [-0.2, 0) is 19.9 Å². The molecule has 90 valence electrons. The molecular weight excluding hydrogens is 200 g/mol. The summed E-state index contributed by atoms with van der Waals surface area (Å²) >= 11 is 0. The molecule has 0 bridgehead atoms. The molecular formula is C13H22N2O. The van der Waals surface area contributed by atoms with Gasteiger partial charge in [0.1, 0.15) is 0 Å². The van der Waals surface area contributed by atoms with Crippen molar-refractivity contribution in [2.24, 2.45) is 13.0 Å². The summed E-state index contributed by atoms with van der Waals surface area (Å²) in [6, 6.07) is 2.12. The van der Waals surface area contributed by atoms with Gasteiger partial charge in [0, 0.05) is 19.2 Å². The fraction of sp³-hybridized carbons (Fsp3) is 0.769. The van der Waals surface area contributed by atoms with E-state index >= 15 is 0 Å². The minimum atomic E-state index is -0.189. The molecule has 0 radical (unpaired) electrons. The minimum Gasteiger partial charge on any atom is -0.393 e. The largest absolute Gasteiger partial charge is 0.393 e. The SMILES string of the molecule is CCc1cc(CC(O)CC2CCC2)n(C)n1. The van der Waals surface area contributed by atoms with E-state index in [9.17, 15) is 5.11 Å². The van der Waals surface area contributed by atoms with Crippen LogP contribution in [0.2, 0.25) is 0 Å². The maximum Gasteiger partial charge on any atom is 0.0624 e. The number of nitrogens with zero attached hydrogens (tertiary/aromatic N) is 2. The van der Waals surface area contributed by atoms with Crippen molar-refractivity contribution in [2.45, 2.75) is 51.6 Å². The van der Waals surface area contributed by atoms with E-state index in [4.69, 9.17) is 0 Å². The average Bonchev–Trinajstić information content (AvgIpc) is 2.54. The number of hydrogen-bond donors (Lipinski definition) is 1. The molecule has 1 unspecified atom stereocenters. The van der Waals surface area contributed by atoms with Gasteiger partial charge < -0.3 is 5.11 Å². The molecule has 16 heavy (non-hydrogen) atoms. The Hall–Kier alpha value is -0.830. The number of aliphatic hydroxyl groups is 1. The third kappa shape index (κ3) is 2.64. The molecule has 1 saturated carbocycles. The van der Waals surface area contributed by atoms with Crippen molar-refractivity contribution in [3.05, 3.63) is 17.5 Å². The lowest BCUT2D eigenvalue weighted by Gasteiger charge is -2.27. The number of rotatable bonds is 5. The zero-order valence-corrected chi connectivity index (χ0v) is 10.3. The Kier molecular flexibility index (Phi) is 3.64. The second-order valence-corrected chi connectivity index (χ2v) is 4.99. The molecule has 0 aromatic carbocycles. The van der Waals surface area contributed by atoms with Crippen molar-refractivity contribution < 1.29 is 5.11 Å². The highest BCUT2D eigenvalue weighted by molar-refractivity contribution is 5.11. The highest BCUT2D eigenvalue weighted by atomic mass is 16.3. The van der Waals surface area contributed by atoms with Gasteiger partial charge in [-0.25, -0.2) is 0 Å². The lowest BCUT2D eigenvalue weighted by atomic mass is 9.81. The fourth-order valence-corrected chi connectivity index (χ4v) is 2.37. The Bertz CT molecular complexity index is 342. The van der Waals surface area contributed by atoms with Crippen molar-refractivity contribution in [3.8, 4) is 0 Å². The van der Waals surface area contributed by atoms with E-state index in [1.165, 1.54) is 19.3 Å². The van der Waals surface area contributed by atoms with E-state index in [0.717, 1.165) is 36.6 Å². The predicted molar refractivity (Wildman–Crippen MR) is 64.3 cm³/mol. The summed E-state index contributed by atoms with van der Waals surface area (Å²) in [5.41, 5.74) is 2.28. The second-order valence-electron chi connectivity index (χ2n) is 4.99. The van der Waals surface area contributed by atoms with E-state index in [1.807, 2.05) is 11.7 Å². The molecule has 1 aromatic heterocycles. The van der Waals surface area contributed by atoms with Crippen molar-refractivity contribution in [1.29, 1.82) is 0 Å². The second kappa shape index (κ2) is 5.00. The first-order valence-electron chi connectivity index (χ1n) is 6.39. The smallest absolute Gasteiger partial charge is 0.0624 e. The van der Waals surface area contributed by atoms with Crippen LogP contribution in [-0.4, -0.2) is 21.0 Å². The third-order valence-corrected chi connectivity index (χ3v) is 3.66. The van der Waals surface area contributed by atoms with Gasteiger partial charge in [-0.3, -0.25) is 4.68 Å². The zero-order valence-electron chi connectivity index (χ0n) is 10.3. The lowest BCUT2D eigenvalue weighted by molar-refractivity contribution is 0.116. The van der Waals surface area contributed by atoms with Gasteiger partial charge in [-0.05, 0) is 24.8 Å². The molecule has 1 atom stereocenters. The predicted octanol–water partition coefficient (Wildman–Crippen LogP) is 2.08. The third-order valence-electron chi connectivity index (χ3n) is 3.66. The Morgan fingerprint density at radius 1 is 1.56 bits per heavy atom. The van der Waals surface area contributed by atoms with E-state index < -0.39 is 0 Å². The Morgan fingerprint density at radius 3 is 2.81 bits per heavy atom. The van der Waals surface area contributed by atoms with Crippen LogP contribution in [0.15, 0.2) is 6.07 Å². The van der Waals surface area contributed by atoms with Crippen LogP contribution >= 0.6 is 0 Å². The van der Waals surface area contributed by atoms with E-state index in [1.54, 1.807) is 0 Å². The van der Waals surface area contributed by atoms with Gasteiger partial charge >= 0.3 is 0 Å². The maximum absolute atomic E-state index is 10.0. The van der Waals surface area contributed by atoms with Gasteiger partial charge in [0.15, 0.2) is 0 Å². The quantitative estimate of drug-likeness (QED) is 0.828. The number of hydrogen-bond acceptors (Lipinski definition) is 2. The summed E-state index contributed by atoms with van der Waals surface area (Å²) in [5, 5.41) is 14.4. The Labute approximate surface area is 97.5 Å². The van der Waals surface area contributed by atoms with Gasteiger partial charge in [-0.1, -0.05) is 26.2 Å². The maximum atomic E-state index is 10.0. The summed E-state index contributed by atoms with van der Waals surface area (Å²) in [6.07, 6.45) is 6.46. The van der Waals surface area contributed by atoms with Crippen LogP contribution in [0.5, 0.6) is 0 Å². The molecule has 0 amide bonds. The topological polar surface area (TPSA) is 38.0 Å². The molecule has 1 aliphatic rings. The highest BCUT2D eigenvalue weighted by Gasteiger charge is 2.21. The average molecular weight is 222 g/mol. The first kappa shape index (κ1) is 11.6. The Morgan fingerprint density at radius 2 is 2.31 bits per heavy atom. The van der Waals surface area contributed by atoms with Crippen molar-refractivity contribution in [2.75, 3.05) is 0 Å². The number of aromatic nitrogens is 2. The molecule has 1 fully saturated rings. The number of aliphatic hydroxyl groups excluding tert-OH is 1. The summed E-state index contributed by atoms with van der Waals surface area (Å²) in [6.45, 7) is 2.11. The van der Waals surface area contributed by atoms with Crippen molar-refractivity contribution >= 4 is 0 Å². The summed E-state index contributed by atoms with van der Waals surface area (Å²) in [5.74, 6) is 0.772. The standard InChI is InChI=1S/C13H22N2O/c1-3-11-8-12(15(2)14-11)9-13(16)7-10-5-4-6-10/h8,10,13,16H,3-7,9H2,1-2H3. The number of aryl methyl sites for hydroxylation is 2. The highest BCUT2D eigenvalue weighted by Crippen LogP contribution is 2.31. The van der Waals surface area contributed by atoms with Gasteiger partial charge in [0.25, 0.3) is 0 Å². The molecule has 0 spiro atoms. The first-order valence-corrected chi connectivity index (χ1v) is 6.39.